The number of carbonyl (C=O) groups excluding carboxylic acids is 2. The first-order valence-corrected chi connectivity index (χ1v) is 11.3. The van der Waals surface area contributed by atoms with Crippen LogP contribution in [0.15, 0.2) is 36.4 Å². The molecule has 1 fully saturated rings. The van der Waals surface area contributed by atoms with Crippen LogP contribution in [-0.4, -0.2) is 59.8 Å². The number of hydrogen-bond donors (Lipinski definition) is 3. The van der Waals surface area contributed by atoms with Crippen molar-refractivity contribution in [3.8, 4) is 5.75 Å². The number of nitrogens with zero attached hydrogens (tertiary/aromatic N) is 1. The largest absolute Gasteiger partial charge is 0.490 e. The van der Waals surface area contributed by atoms with Crippen LogP contribution >= 0.6 is 0 Å². The zero-order chi connectivity index (χ0) is 24.4. The van der Waals surface area contributed by atoms with Gasteiger partial charge in [0.15, 0.2) is 0 Å². The molecular formula is C25H29N3O6. The molecule has 0 saturated carbocycles. The molecule has 0 unspecified atom stereocenters. The molecule has 9 heteroatoms. The van der Waals surface area contributed by atoms with Crippen LogP contribution in [0.25, 0.3) is 0 Å². The molecule has 0 spiro atoms. The molecule has 2 heterocycles. The standard InChI is InChI=1S/C25H29N3O6/c1-14-8-15(2)10-17(9-14)27-25(32)26-16-4-7-21-19(11-16)24(31)28(3)20-6-5-18(12-23(29)30)34-22(20)13-33-21/h4,7-11,18,20,22H,5-6,12-13H2,1-3H3,(H,29,30)(H2,26,27,32)/t18-,20+,22-/m0/s1. The van der Waals surface area contributed by atoms with Crippen molar-refractivity contribution in [3.05, 3.63) is 53.1 Å². The van der Waals surface area contributed by atoms with Gasteiger partial charge in [0.1, 0.15) is 18.5 Å². The molecule has 34 heavy (non-hydrogen) atoms. The Balaban J connectivity index is 1.48. The molecule has 3 amide bonds. The third-order valence-corrected chi connectivity index (χ3v) is 6.15. The van der Waals surface area contributed by atoms with Crippen molar-refractivity contribution in [1.82, 2.24) is 4.90 Å². The molecule has 2 aliphatic rings. The second-order valence-electron chi connectivity index (χ2n) is 8.93. The van der Waals surface area contributed by atoms with Crippen LogP contribution in [0.4, 0.5) is 16.2 Å². The van der Waals surface area contributed by atoms with Crippen LogP contribution in [-0.2, 0) is 9.53 Å². The van der Waals surface area contributed by atoms with Gasteiger partial charge in [0.25, 0.3) is 5.91 Å². The van der Waals surface area contributed by atoms with Crippen molar-refractivity contribution >= 4 is 29.3 Å². The number of rotatable bonds is 4. The molecule has 0 bridgehead atoms. The lowest BCUT2D eigenvalue weighted by molar-refractivity contribution is -0.148. The molecule has 1 saturated heterocycles. The Labute approximate surface area is 198 Å². The van der Waals surface area contributed by atoms with Gasteiger partial charge >= 0.3 is 12.0 Å². The Hall–Kier alpha value is -3.59. The van der Waals surface area contributed by atoms with E-state index in [0.717, 1.165) is 11.1 Å². The van der Waals surface area contributed by atoms with Gasteiger partial charge in [0, 0.05) is 18.4 Å². The number of anilines is 2. The van der Waals surface area contributed by atoms with E-state index in [0.29, 0.717) is 35.5 Å². The minimum absolute atomic E-state index is 0.0727. The van der Waals surface area contributed by atoms with E-state index in [1.165, 1.54) is 0 Å². The van der Waals surface area contributed by atoms with Crippen molar-refractivity contribution in [3.63, 3.8) is 0 Å². The highest BCUT2D eigenvalue weighted by Crippen LogP contribution is 2.32. The molecule has 3 atom stereocenters. The number of urea groups is 1. The van der Waals surface area contributed by atoms with Crippen LogP contribution in [0.2, 0.25) is 0 Å². The Bertz CT molecular complexity index is 1100. The van der Waals surface area contributed by atoms with E-state index in [1.807, 2.05) is 32.0 Å². The fourth-order valence-electron chi connectivity index (χ4n) is 4.64. The lowest BCUT2D eigenvalue weighted by Gasteiger charge is -2.42. The fourth-order valence-corrected chi connectivity index (χ4v) is 4.64. The average Bonchev–Trinajstić information content (AvgIpc) is 2.75. The Morgan fingerprint density at radius 2 is 1.76 bits per heavy atom. The third-order valence-electron chi connectivity index (χ3n) is 6.15. The number of nitrogens with one attached hydrogen (secondary N) is 2. The summed E-state index contributed by atoms with van der Waals surface area (Å²) in [5.41, 5.74) is 3.58. The van der Waals surface area contributed by atoms with E-state index in [4.69, 9.17) is 14.6 Å². The summed E-state index contributed by atoms with van der Waals surface area (Å²) in [5, 5.41) is 14.7. The molecule has 0 radical (unpaired) electrons. The van der Waals surface area contributed by atoms with Crippen molar-refractivity contribution in [1.29, 1.82) is 0 Å². The van der Waals surface area contributed by atoms with Gasteiger partial charge in [0.05, 0.1) is 24.1 Å². The number of likely N-dealkylation sites (N-methyl/N-ethyl adjacent to an activating group) is 1. The summed E-state index contributed by atoms with van der Waals surface area (Å²) in [6, 6.07) is 10.1. The minimum Gasteiger partial charge on any atom is -0.490 e. The number of hydrogen-bond acceptors (Lipinski definition) is 5. The van der Waals surface area contributed by atoms with Gasteiger partial charge in [-0.15, -0.1) is 0 Å². The van der Waals surface area contributed by atoms with Gasteiger partial charge in [-0.2, -0.15) is 0 Å². The molecule has 4 rings (SSSR count). The maximum atomic E-state index is 13.3. The zero-order valence-corrected chi connectivity index (χ0v) is 19.5. The summed E-state index contributed by atoms with van der Waals surface area (Å²) in [6.07, 6.45) is 0.294. The van der Waals surface area contributed by atoms with E-state index in [-0.39, 0.29) is 25.0 Å². The predicted octanol–water partition coefficient (Wildman–Crippen LogP) is 3.80. The fraction of sp³-hybridized carbons (Fsp3) is 0.400. The lowest BCUT2D eigenvalue weighted by atomic mass is 9.94. The highest BCUT2D eigenvalue weighted by molar-refractivity contribution is 6.02. The SMILES string of the molecule is Cc1cc(C)cc(NC(=O)Nc2ccc3c(c2)C(=O)N(C)[C@@H]2CC[C@@H](CC(=O)O)O[C@H]2CO3)c1. The number of carbonyl (C=O) groups is 3. The number of aryl methyl sites for hydroxylation is 2. The highest BCUT2D eigenvalue weighted by Gasteiger charge is 2.39. The highest BCUT2D eigenvalue weighted by atomic mass is 16.5. The number of fused-ring (bicyclic) bond motifs is 2. The van der Waals surface area contributed by atoms with Crippen LogP contribution in [0.3, 0.4) is 0 Å². The summed E-state index contributed by atoms with van der Waals surface area (Å²) in [4.78, 5) is 38.5. The Kier molecular flexibility index (Phi) is 6.74. The van der Waals surface area contributed by atoms with Crippen molar-refractivity contribution in [2.24, 2.45) is 0 Å². The molecule has 2 aliphatic heterocycles. The van der Waals surface area contributed by atoms with Gasteiger partial charge in [-0.25, -0.2) is 4.79 Å². The second-order valence-corrected chi connectivity index (χ2v) is 8.93. The molecule has 0 aromatic heterocycles. The van der Waals surface area contributed by atoms with Crippen LogP contribution < -0.4 is 15.4 Å². The molecule has 2 aromatic rings. The van der Waals surface area contributed by atoms with Gasteiger partial charge in [0.2, 0.25) is 0 Å². The summed E-state index contributed by atoms with van der Waals surface area (Å²) in [5.74, 6) is -0.769. The Morgan fingerprint density at radius 1 is 1.06 bits per heavy atom. The number of aliphatic carboxylic acids is 1. The molecule has 2 aromatic carbocycles. The molecule has 9 nitrogen and oxygen atoms in total. The van der Waals surface area contributed by atoms with Crippen molar-refractivity contribution < 1.29 is 29.0 Å². The summed E-state index contributed by atoms with van der Waals surface area (Å²) >= 11 is 0. The van der Waals surface area contributed by atoms with Crippen molar-refractivity contribution in [2.75, 3.05) is 24.3 Å². The number of benzene rings is 2. The van der Waals surface area contributed by atoms with E-state index in [2.05, 4.69) is 10.6 Å². The smallest absolute Gasteiger partial charge is 0.323 e. The van der Waals surface area contributed by atoms with Crippen LogP contribution in [0, 0.1) is 13.8 Å². The van der Waals surface area contributed by atoms with E-state index < -0.39 is 24.2 Å². The third kappa shape index (κ3) is 5.31. The Morgan fingerprint density at radius 3 is 2.47 bits per heavy atom. The summed E-state index contributed by atoms with van der Waals surface area (Å²) in [7, 11) is 1.71. The summed E-state index contributed by atoms with van der Waals surface area (Å²) in [6.45, 7) is 4.12. The first-order chi connectivity index (χ1) is 16.2. The van der Waals surface area contributed by atoms with Gasteiger partial charge in [-0.3, -0.25) is 9.59 Å². The van der Waals surface area contributed by atoms with E-state index in [9.17, 15) is 14.4 Å². The maximum absolute atomic E-state index is 13.3. The maximum Gasteiger partial charge on any atom is 0.323 e. The monoisotopic (exact) mass is 467 g/mol. The van der Waals surface area contributed by atoms with Gasteiger partial charge in [-0.1, -0.05) is 6.07 Å². The number of carboxylic acid groups (broad SMARTS) is 1. The predicted molar refractivity (Wildman–Crippen MR) is 127 cm³/mol. The first-order valence-electron chi connectivity index (χ1n) is 11.3. The quantitative estimate of drug-likeness (QED) is 0.630. The topological polar surface area (TPSA) is 117 Å². The van der Waals surface area contributed by atoms with Crippen LogP contribution in [0.1, 0.15) is 40.7 Å². The van der Waals surface area contributed by atoms with Crippen LogP contribution in [0.5, 0.6) is 5.75 Å². The van der Waals surface area contributed by atoms with Crippen molar-refractivity contribution in [2.45, 2.75) is 51.4 Å². The minimum atomic E-state index is -0.911. The molecule has 0 aliphatic carbocycles. The van der Waals surface area contributed by atoms with E-state index in [1.54, 1.807) is 30.1 Å². The average molecular weight is 468 g/mol. The van der Waals surface area contributed by atoms with E-state index >= 15 is 0 Å². The first kappa shape index (κ1) is 23.6. The number of amides is 3. The molecule has 180 valence electrons. The number of ether oxygens (including phenoxy) is 2. The summed E-state index contributed by atoms with van der Waals surface area (Å²) < 4.78 is 11.9. The zero-order valence-electron chi connectivity index (χ0n) is 19.5. The molecule has 3 N–H and O–H groups in total. The van der Waals surface area contributed by atoms with Gasteiger partial charge in [-0.05, 0) is 68.1 Å². The lowest BCUT2D eigenvalue weighted by Crippen LogP contribution is -2.53. The second kappa shape index (κ2) is 9.72. The number of carboxylic acids is 1. The normalized spacial score (nSPS) is 21.9. The van der Waals surface area contributed by atoms with Gasteiger partial charge < -0.3 is 30.1 Å². The molecular weight excluding hydrogens is 438 g/mol.